The standard InChI is InChI=1S/C11H13ClN4O/c1-6-4-9(5-17)14-11(13-6)16-8(3)10(12)7(2)15-16/h4,17H,5H2,1-3H3. The Hall–Kier alpha value is -1.46. The average molecular weight is 253 g/mol. The van der Waals surface area contributed by atoms with Gasteiger partial charge in [0.15, 0.2) is 0 Å². The van der Waals surface area contributed by atoms with E-state index in [1.54, 1.807) is 10.7 Å². The lowest BCUT2D eigenvalue weighted by Gasteiger charge is -2.05. The van der Waals surface area contributed by atoms with Gasteiger partial charge in [-0.3, -0.25) is 0 Å². The van der Waals surface area contributed by atoms with Gasteiger partial charge in [0.2, 0.25) is 0 Å². The second-order valence-corrected chi connectivity index (χ2v) is 4.23. The molecule has 2 aromatic rings. The molecule has 0 unspecified atom stereocenters. The van der Waals surface area contributed by atoms with Crippen LogP contribution in [0.4, 0.5) is 0 Å². The normalized spacial score (nSPS) is 10.9. The van der Waals surface area contributed by atoms with Crippen LogP contribution >= 0.6 is 11.6 Å². The number of hydrogen-bond donors (Lipinski definition) is 1. The van der Waals surface area contributed by atoms with E-state index in [9.17, 15) is 0 Å². The molecule has 0 amide bonds. The highest BCUT2D eigenvalue weighted by atomic mass is 35.5. The van der Waals surface area contributed by atoms with Crippen molar-refractivity contribution >= 4 is 11.6 Å². The highest BCUT2D eigenvalue weighted by molar-refractivity contribution is 6.31. The molecule has 0 aromatic carbocycles. The summed E-state index contributed by atoms with van der Waals surface area (Å²) in [6, 6.07) is 1.73. The van der Waals surface area contributed by atoms with Crippen LogP contribution in [0.2, 0.25) is 5.02 Å². The molecule has 5 nitrogen and oxygen atoms in total. The van der Waals surface area contributed by atoms with Crippen LogP contribution < -0.4 is 0 Å². The Bertz CT molecular complexity index is 565. The molecule has 2 heterocycles. The summed E-state index contributed by atoms with van der Waals surface area (Å²) in [6.45, 7) is 5.41. The summed E-state index contributed by atoms with van der Waals surface area (Å²) in [5.74, 6) is 0.432. The third-order valence-electron chi connectivity index (χ3n) is 2.45. The molecule has 0 radical (unpaired) electrons. The fourth-order valence-corrected chi connectivity index (χ4v) is 1.73. The third-order valence-corrected chi connectivity index (χ3v) is 3.00. The Morgan fingerprint density at radius 2 is 2.00 bits per heavy atom. The first-order valence-electron chi connectivity index (χ1n) is 5.20. The zero-order chi connectivity index (χ0) is 12.6. The highest BCUT2D eigenvalue weighted by Gasteiger charge is 2.13. The summed E-state index contributed by atoms with van der Waals surface area (Å²) in [5.41, 5.74) is 2.87. The van der Waals surface area contributed by atoms with E-state index in [4.69, 9.17) is 16.7 Å². The van der Waals surface area contributed by atoms with Gasteiger partial charge in [0, 0.05) is 5.69 Å². The molecule has 0 atom stereocenters. The molecule has 0 saturated heterocycles. The summed E-state index contributed by atoms with van der Waals surface area (Å²) in [6.07, 6.45) is 0. The van der Waals surface area contributed by atoms with Crippen LogP contribution in [0.1, 0.15) is 22.8 Å². The minimum atomic E-state index is -0.122. The molecule has 6 heteroatoms. The molecule has 0 spiro atoms. The second-order valence-electron chi connectivity index (χ2n) is 3.86. The van der Waals surface area contributed by atoms with Crippen molar-refractivity contribution in [1.29, 1.82) is 0 Å². The minimum absolute atomic E-state index is 0.122. The molecule has 17 heavy (non-hydrogen) atoms. The lowest BCUT2D eigenvalue weighted by Crippen LogP contribution is -2.08. The second kappa shape index (κ2) is 4.43. The summed E-state index contributed by atoms with van der Waals surface area (Å²) in [7, 11) is 0. The molecule has 0 bridgehead atoms. The maximum atomic E-state index is 9.12. The Morgan fingerprint density at radius 3 is 2.53 bits per heavy atom. The molecular formula is C11H13ClN4O. The Labute approximate surface area is 104 Å². The van der Waals surface area contributed by atoms with Crippen LogP contribution in [0, 0.1) is 20.8 Å². The van der Waals surface area contributed by atoms with Crippen molar-refractivity contribution in [3.05, 3.63) is 33.9 Å². The van der Waals surface area contributed by atoms with Crippen molar-refractivity contribution in [2.45, 2.75) is 27.4 Å². The summed E-state index contributed by atoms with van der Waals surface area (Å²) in [5, 5.41) is 14.0. The number of aryl methyl sites for hydroxylation is 2. The number of rotatable bonds is 2. The van der Waals surface area contributed by atoms with Gasteiger partial charge in [0.25, 0.3) is 5.95 Å². The van der Waals surface area contributed by atoms with E-state index in [2.05, 4.69) is 15.1 Å². The summed E-state index contributed by atoms with van der Waals surface area (Å²) < 4.78 is 1.59. The maximum absolute atomic E-state index is 9.12. The van der Waals surface area contributed by atoms with Gasteiger partial charge in [-0.1, -0.05) is 11.6 Å². The molecule has 1 N–H and O–H groups in total. The minimum Gasteiger partial charge on any atom is -0.390 e. The van der Waals surface area contributed by atoms with E-state index in [1.807, 2.05) is 20.8 Å². The van der Waals surface area contributed by atoms with Gasteiger partial charge in [-0.2, -0.15) is 5.10 Å². The maximum Gasteiger partial charge on any atom is 0.251 e. The molecule has 0 aliphatic carbocycles. The molecule has 2 rings (SSSR count). The van der Waals surface area contributed by atoms with E-state index >= 15 is 0 Å². The topological polar surface area (TPSA) is 63.8 Å². The molecule has 0 aliphatic heterocycles. The highest BCUT2D eigenvalue weighted by Crippen LogP contribution is 2.21. The van der Waals surface area contributed by atoms with Crippen LogP contribution in [0.5, 0.6) is 0 Å². The first kappa shape index (κ1) is 12.0. The SMILES string of the molecule is Cc1cc(CO)nc(-n2nc(C)c(Cl)c2C)n1. The van der Waals surface area contributed by atoms with Crippen LogP contribution in [0.25, 0.3) is 5.95 Å². The van der Waals surface area contributed by atoms with Crippen molar-refractivity contribution in [1.82, 2.24) is 19.7 Å². The summed E-state index contributed by atoms with van der Waals surface area (Å²) >= 11 is 6.07. The predicted molar refractivity (Wildman–Crippen MR) is 64.3 cm³/mol. The fraction of sp³-hybridized carbons (Fsp3) is 0.364. The molecule has 0 aliphatic rings. The van der Waals surface area contributed by atoms with Gasteiger partial charge in [0.05, 0.1) is 28.7 Å². The number of aliphatic hydroxyl groups excluding tert-OH is 1. The van der Waals surface area contributed by atoms with Crippen LogP contribution in [0.3, 0.4) is 0 Å². The zero-order valence-corrected chi connectivity index (χ0v) is 10.7. The van der Waals surface area contributed by atoms with Crippen LogP contribution in [0.15, 0.2) is 6.07 Å². The number of aliphatic hydroxyl groups is 1. The van der Waals surface area contributed by atoms with Crippen molar-refractivity contribution in [2.24, 2.45) is 0 Å². The van der Waals surface area contributed by atoms with E-state index in [0.29, 0.717) is 16.7 Å². The number of halogens is 1. The van der Waals surface area contributed by atoms with Crippen molar-refractivity contribution in [2.75, 3.05) is 0 Å². The quantitative estimate of drug-likeness (QED) is 0.884. The fourth-order valence-electron chi connectivity index (χ4n) is 1.61. The number of hydrogen-bond acceptors (Lipinski definition) is 4. The van der Waals surface area contributed by atoms with Crippen molar-refractivity contribution < 1.29 is 5.11 Å². The number of aromatic nitrogens is 4. The van der Waals surface area contributed by atoms with Gasteiger partial charge >= 0.3 is 0 Å². The van der Waals surface area contributed by atoms with Crippen LogP contribution in [-0.2, 0) is 6.61 Å². The first-order chi connectivity index (χ1) is 8.02. The number of nitrogens with zero attached hydrogens (tertiary/aromatic N) is 4. The van der Waals surface area contributed by atoms with Gasteiger partial charge in [-0.15, -0.1) is 0 Å². The van der Waals surface area contributed by atoms with Crippen LogP contribution in [-0.4, -0.2) is 24.9 Å². The lowest BCUT2D eigenvalue weighted by molar-refractivity contribution is 0.276. The Balaban J connectivity index is 2.59. The van der Waals surface area contributed by atoms with Crippen molar-refractivity contribution in [3.8, 4) is 5.95 Å². The van der Waals surface area contributed by atoms with E-state index < -0.39 is 0 Å². The molecule has 2 aromatic heterocycles. The molecular weight excluding hydrogens is 240 g/mol. The van der Waals surface area contributed by atoms with Gasteiger partial charge in [0.1, 0.15) is 0 Å². The Morgan fingerprint density at radius 1 is 1.29 bits per heavy atom. The average Bonchev–Trinajstić information content (AvgIpc) is 2.56. The third kappa shape index (κ3) is 2.16. The largest absolute Gasteiger partial charge is 0.390 e. The van der Waals surface area contributed by atoms with E-state index in [-0.39, 0.29) is 6.61 Å². The van der Waals surface area contributed by atoms with Gasteiger partial charge < -0.3 is 5.11 Å². The van der Waals surface area contributed by atoms with E-state index in [1.165, 1.54) is 0 Å². The van der Waals surface area contributed by atoms with E-state index in [0.717, 1.165) is 17.1 Å². The Kier molecular flexibility index (Phi) is 3.13. The predicted octanol–water partition coefficient (Wildman–Crippen LogP) is 1.73. The monoisotopic (exact) mass is 252 g/mol. The van der Waals surface area contributed by atoms with Gasteiger partial charge in [-0.25, -0.2) is 14.6 Å². The molecule has 90 valence electrons. The lowest BCUT2D eigenvalue weighted by atomic mass is 10.3. The first-order valence-corrected chi connectivity index (χ1v) is 5.58. The molecule has 0 saturated carbocycles. The zero-order valence-electron chi connectivity index (χ0n) is 9.90. The van der Waals surface area contributed by atoms with Crippen molar-refractivity contribution in [3.63, 3.8) is 0 Å². The summed E-state index contributed by atoms with van der Waals surface area (Å²) in [4.78, 5) is 8.51. The molecule has 0 fully saturated rings. The smallest absolute Gasteiger partial charge is 0.251 e. The van der Waals surface area contributed by atoms with Gasteiger partial charge in [-0.05, 0) is 26.8 Å².